The van der Waals surface area contributed by atoms with E-state index in [1.807, 2.05) is 12.1 Å². The highest BCUT2D eigenvalue weighted by Crippen LogP contribution is 2.16. The molecule has 0 radical (unpaired) electrons. The van der Waals surface area contributed by atoms with Crippen molar-refractivity contribution >= 4 is 17.3 Å². The summed E-state index contributed by atoms with van der Waals surface area (Å²) in [6.07, 6.45) is 4.85. The minimum atomic E-state index is 0.678. The van der Waals surface area contributed by atoms with Gasteiger partial charge in [-0.1, -0.05) is 6.07 Å². The largest absolute Gasteiger partial charge is 0.469 e. The highest BCUT2D eigenvalue weighted by Gasteiger charge is 2.17. The molecule has 0 unspecified atom stereocenters. The van der Waals surface area contributed by atoms with Gasteiger partial charge >= 0.3 is 0 Å². The second kappa shape index (κ2) is 9.63. The van der Waals surface area contributed by atoms with Crippen molar-refractivity contribution in [1.82, 2.24) is 10.2 Å². The molecule has 25 heavy (non-hydrogen) atoms. The van der Waals surface area contributed by atoms with Gasteiger partial charge in [-0.2, -0.15) is 0 Å². The lowest BCUT2D eigenvalue weighted by Crippen LogP contribution is -2.43. The van der Waals surface area contributed by atoms with Crippen LogP contribution in [-0.4, -0.2) is 44.2 Å². The first-order chi connectivity index (χ1) is 12.3. The van der Waals surface area contributed by atoms with Crippen molar-refractivity contribution in [2.24, 2.45) is 10.9 Å². The van der Waals surface area contributed by atoms with Crippen molar-refractivity contribution in [3.8, 4) is 0 Å². The molecule has 0 saturated carbocycles. The zero-order chi connectivity index (χ0) is 17.3. The Morgan fingerprint density at radius 3 is 2.92 bits per heavy atom. The summed E-state index contributed by atoms with van der Waals surface area (Å²) in [5.74, 6) is 2.64. The number of guanidine groups is 1. The molecule has 2 aromatic heterocycles. The lowest BCUT2D eigenvalue weighted by atomic mass is 10.00. The molecule has 6 heteroatoms. The Labute approximate surface area is 153 Å². The van der Waals surface area contributed by atoms with Gasteiger partial charge in [0.15, 0.2) is 5.96 Å². The molecule has 0 amide bonds. The van der Waals surface area contributed by atoms with Crippen LogP contribution in [0.3, 0.4) is 0 Å². The number of rotatable bonds is 7. The van der Waals surface area contributed by atoms with E-state index in [0.29, 0.717) is 5.92 Å². The molecule has 0 atom stereocenters. The fourth-order valence-corrected chi connectivity index (χ4v) is 3.65. The topological polar surface area (TPSA) is 50.0 Å². The molecule has 0 aliphatic carbocycles. The first kappa shape index (κ1) is 18.0. The molecule has 1 aliphatic heterocycles. The molecule has 5 nitrogen and oxygen atoms in total. The maximum absolute atomic E-state index is 5.47. The van der Waals surface area contributed by atoms with Gasteiger partial charge in [0.25, 0.3) is 0 Å². The molecule has 0 aromatic carbocycles. The van der Waals surface area contributed by atoms with E-state index in [2.05, 4.69) is 34.8 Å². The highest BCUT2D eigenvalue weighted by atomic mass is 32.1. The fourth-order valence-electron chi connectivity index (χ4n) is 3.02. The van der Waals surface area contributed by atoms with Crippen LogP contribution in [0.5, 0.6) is 0 Å². The van der Waals surface area contributed by atoms with Crippen molar-refractivity contribution in [3.63, 3.8) is 0 Å². The van der Waals surface area contributed by atoms with Crippen LogP contribution in [-0.2, 0) is 17.7 Å². The average Bonchev–Trinajstić information content (AvgIpc) is 3.32. The third-order valence-electron chi connectivity index (χ3n) is 4.43. The first-order valence-corrected chi connectivity index (χ1v) is 9.81. The normalized spacial score (nSPS) is 16.1. The van der Waals surface area contributed by atoms with Crippen molar-refractivity contribution < 1.29 is 9.15 Å². The second-order valence-corrected chi connectivity index (χ2v) is 7.44. The van der Waals surface area contributed by atoms with Crippen LogP contribution in [0.15, 0.2) is 45.3 Å². The van der Waals surface area contributed by atoms with Crippen LogP contribution in [0.4, 0.5) is 0 Å². The number of thiophene rings is 1. The molecule has 1 fully saturated rings. The summed E-state index contributed by atoms with van der Waals surface area (Å²) in [5.41, 5.74) is 0. The van der Waals surface area contributed by atoms with Crippen LogP contribution in [0, 0.1) is 5.92 Å². The van der Waals surface area contributed by atoms with E-state index in [0.717, 1.165) is 63.8 Å². The van der Waals surface area contributed by atoms with Gasteiger partial charge in [0, 0.05) is 44.6 Å². The number of nitrogens with one attached hydrogen (secondary N) is 1. The zero-order valence-electron chi connectivity index (χ0n) is 14.8. The van der Waals surface area contributed by atoms with E-state index in [1.54, 1.807) is 17.6 Å². The minimum absolute atomic E-state index is 0.678. The zero-order valence-corrected chi connectivity index (χ0v) is 15.6. The lowest BCUT2D eigenvalue weighted by Gasteiger charge is -2.29. The van der Waals surface area contributed by atoms with Crippen LogP contribution in [0.1, 0.15) is 23.5 Å². The smallest absolute Gasteiger partial charge is 0.194 e. The van der Waals surface area contributed by atoms with Gasteiger partial charge in [-0.3, -0.25) is 0 Å². The number of aliphatic imine (C=N–C) groups is 1. The SMILES string of the molecule is CN(CC1CCOCC1)C(=NCc1cccs1)NCCc1ccco1. The van der Waals surface area contributed by atoms with Crippen molar-refractivity contribution in [3.05, 3.63) is 46.5 Å². The number of hydrogen-bond donors (Lipinski definition) is 1. The summed E-state index contributed by atoms with van der Waals surface area (Å²) in [7, 11) is 2.13. The standard InChI is InChI=1S/C19H27N3O2S/c1-22(15-16-7-11-23-12-8-16)19(21-14-18-5-3-13-25-18)20-9-6-17-4-2-10-24-17/h2-5,10,13,16H,6-9,11-12,14-15H2,1H3,(H,20,21). The first-order valence-electron chi connectivity index (χ1n) is 8.93. The molecule has 0 spiro atoms. The molecule has 0 bridgehead atoms. The van der Waals surface area contributed by atoms with Gasteiger partial charge < -0.3 is 19.4 Å². The summed E-state index contributed by atoms with van der Waals surface area (Å²) in [5, 5.41) is 5.60. The highest BCUT2D eigenvalue weighted by molar-refractivity contribution is 7.09. The Morgan fingerprint density at radius 2 is 2.20 bits per heavy atom. The van der Waals surface area contributed by atoms with Crippen molar-refractivity contribution in [2.75, 3.05) is 33.4 Å². The second-order valence-electron chi connectivity index (χ2n) is 6.41. The minimum Gasteiger partial charge on any atom is -0.469 e. The molecule has 3 rings (SSSR count). The third kappa shape index (κ3) is 5.90. The van der Waals surface area contributed by atoms with E-state index < -0.39 is 0 Å². The van der Waals surface area contributed by atoms with Gasteiger partial charge in [-0.15, -0.1) is 11.3 Å². The molecule has 3 heterocycles. The van der Waals surface area contributed by atoms with E-state index in [4.69, 9.17) is 14.1 Å². The maximum atomic E-state index is 5.47. The molecule has 2 aromatic rings. The quantitative estimate of drug-likeness (QED) is 0.607. The maximum Gasteiger partial charge on any atom is 0.194 e. The van der Waals surface area contributed by atoms with E-state index >= 15 is 0 Å². The summed E-state index contributed by atoms with van der Waals surface area (Å²) < 4.78 is 10.9. The van der Waals surface area contributed by atoms with Crippen LogP contribution >= 0.6 is 11.3 Å². The Kier molecular flexibility index (Phi) is 6.94. The Bertz CT molecular complexity index is 619. The third-order valence-corrected chi connectivity index (χ3v) is 5.30. The summed E-state index contributed by atoms with van der Waals surface area (Å²) in [4.78, 5) is 8.37. The Hall–Kier alpha value is -1.79. The molecule has 1 saturated heterocycles. The number of hydrogen-bond acceptors (Lipinski definition) is 4. The van der Waals surface area contributed by atoms with Gasteiger partial charge in [-0.05, 0) is 42.3 Å². The number of furan rings is 1. The number of ether oxygens (including phenoxy) is 1. The fraction of sp³-hybridized carbons (Fsp3) is 0.526. The average molecular weight is 362 g/mol. The van der Waals surface area contributed by atoms with Gasteiger partial charge in [-0.25, -0.2) is 4.99 Å². The Balaban J connectivity index is 1.56. The summed E-state index contributed by atoms with van der Waals surface area (Å²) >= 11 is 1.75. The molecule has 1 aliphatic rings. The number of nitrogens with zero attached hydrogens (tertiary/aromatic N) is 2. The van der Waals surface area contributed by atoms with Crippen molar-refractivity contribution in [1.29, 1.82) is 0 Å². The Morgan fingerprint density at radius 1 is 1.32 bits per heavy atom. The van der Waals surface area contributed by atoms with E-state index in [9.17, 15) is 0 Å². The molecule has 1 N–H and O–H groups in total. The van der Waals surface area contributed by atoms with Crippen LogP contribution in [0.2, 0.25) is 0 Å². The van der Waals surface area contributed by atoms with Crippen LogP contribution in [0.25, 0.3) is 0 Å². The monoisotopic (exact) mass is 361 g/mol. The van der Waals surface area contributed by atoms with Gasteiger partial charge in [0.2, 0.25) is 0 Å². The van der Waals surface area contributed by atoms with E-state index in [-0.39, 0.29) is 0 Å². The van der Waals surface area contributed by atoms with Gasteiger partial charge in [0.05, 0.1) is 12.8 Å². The van der Waals surface area contributed by atoms with Crippen molar-refractivity contribution in [2.45, 2.75) is 25.8 Å². The lowest BCUT2D eigenvalue weighted by molar-refractivity contribution is 0.0610. The van der Waals surface area contributed by atoms with Gasteiger partial charge in [0.1, 0.15) is 5.76 Å². The molecule has 136 valence electrons. The summed E-state index contributed by atoms with van der Waals surface area (Å²) in [6, 6.07) is 8.15. The molecular weight excluding hydrogens is 334 g/mol. The van der Waals surface area contributed by atoms with Crippen LogP contribution < -0.4 is 5.32 Å². The summed E-state index contributed by atoms with van der Waals surface area (Å²) in [6.45, 7) is 4.31. The predicted octanol–water partition coefficient (Wildman–Crippen LogP) is 3.39. The van der Waals surface area contributed by atoms with E-state index in [1.165, 1.54) is 4.88 Å². The predicted molar refractivity (Wildman–Crippen MR) is 102 cm³/mol. The molecular formula is C19H27N3O2S.